The number of aromatic carboxylic acids is 2. The Bertz CT molecular complexity index is 6430. The summed E-state index contributed by atoms with van der Waals surface area (Å²) in [7, 11) is -21.1. The summed E-state index contributed by atoms with van der Waals surface area (Å²) in [6.07, 6.45) is 5.25. The predicted octanol–water partition coefficient (Wildman–Crippen LogP) is 7.88. The Morgan fingerprint density at radius 3 is 0.844 bits per heavy atom. The highest BCUT2D eigenvalue weighted by Gasteiger charge is 2.45. The molecule has 0 spiro atoms. The number of benzene rings is 6. The van der Waals surface area contributed by atoms with Crippen LogP contribution in [-0.4, -0.2) is 266 Å². The van der Waals surface area contributed by atoms with Gasteiger partial charge in [0.25, 0.3) is 0 Å². The molecule has 6 heterocycles. The van der Waals surface area contributed by atoms with Crippen LogP contribution >= 0.6 is 0 Å². The lowest BCUT2D eigenvalue weighted by Gasteiger charge is -2.28. The molecule has 10 N–H and O–H groups in total. The molecular weight excluding hydrogens is 2020 g/mol. The van der Waals surface area contributed by atoms with Crippen molar-refractivity contribution in [3.05, 3.63) is 174 Å². The largest absolute Gasteiger partial charge is 0.535 e. The minimum atomic E-state index is -3.57. The van der Waals surface area contributed by atoms with Gasteiger partial charge in [-0.1, -0.05) is 55.5 Å². The summed E-state index contributed by atoms with van der Waals surface area (Å²) in [5, 5.41) is 84.2. The number of hydrogen-bond acceptors (Lipinski definition) is 35. The van der Waals surface area contributed by atoms with Crippen molar-refractivity contribution in [2.45, 2.75) is 232 Å². The lowest BCUT2D eigenvalue weighted by molar-refractivity contribution is -0.123. The average Bonchev–Trinajstić information content (AvgIpc) is 0.768. The first-order valence-electron chi connectivity index (χ1n) is 47.1. The zero-order valence-corrected chi connectivity index (χ0v) is 87.6. The Labute approximate surface area is 855 Å². The monoisotopic (exact) mass is 2150 g/mol. The lowest BCUT2D eigenvalue weighted by atomic mass is 9.64. The third kappa shape index (κ3) is 37.7. The number of carbonyl (C=O) groups excluding carboxylic acids is 11. The zero-order valence-electron chi connectivity index (χ0n) is 83.5. The number of rotatable bonds is 41. The van der Waals surface area contributed by atoms with E-state index in [1.165, 1.54) is 68.6 Å². The smallest absolute Gasteiger partial charge is 0.526 e. The van der Waals surface area contributed by atoms with Gasteiger partial charge in [-0.2, -0.15) is 0 Å². The molecule has 0 amide bonds. The number of carboxylic acids is 2. The number of sulfone groups is 3. The molecule has 0 aliphatic carbocycles. The number of nitrogens with two attached hydrogens (primary N) is 1. The Morgan fingerprint density at radius 2 is 0.605 bits per heavy atom. The van der Waals surface area contributed by atoms with Gasteiger partial charge in [-0.3, -0.25) is 47.9 Å². The van der Waals surface area contributed by atoms with Gasteiger partial charge in [0, 0.05) is 162 Å². The molecule has 6 aliphatic heterocycles. The molecule has 12 rings (SSSR count). The molecule has 0 fully saturated rings. The Kier molecular flexibility index (Phi) is 45.6. The van der Waals surface area contributed by atoms with Crippen molar-refractivity contribution in [1.82, 2.24) is 4.31 Å². The van der Waals surface area contributed by atoms with Crippen molar-refractivity contribution >= 4 is 168 Å². The molecule has 6 atom stereocenters. The molecule has 6 aromatic rings. The number of carbonyl (C=O) groups is 13. The molecule has 39 nitrogen and oxygen atoms in total. The van der Waals surface area contributed by atoms with E-state index < -0.39 is 151 Å². The number of fused-ring (bicyclic) bond motifs is 6. The highest BCUT2D eigenvalue weighted by atomic mass is 32.2. The molecule has 796 valence electrons. The van der Waals surface area contributed by atoms with E-state index in [1.54, 1.807) is 73.7 Å². The SMILES string of the molecule is CC(=O)CCC(=O)C[C@H]1Cc2cc(F)c(C)c(C(=O)O)c2OB1O.CC(=O)c1cccc2c1OB(O)[C@@H](CC(=O)CCCS(C)(=O)=O)C2.CC(=O)c1cccc2c1OB(O)[C@@H](CC(=O)CCCS(N)(=O)=O)C2.CC(=O)c1cccc2c1OB(O)[C@@H](CC(=O)CCS(=O)(=O)N(C)C)C2.CCS(=O)(=O)CCC(=O)C[C@H]1Cc2cccc(C(C)=O)c2OB1O.Cc1c(F)cc2c(c1C(=O)O)OB(O)[C@@H](CC(=O)CCCS(C)(=O)=O)C2. The van der Waals surface area contributed by atoms with Gasteiger partial charge in [0.1, 0.15) is 127 Å². The maximum absolute atomic E-state index is 14.0. The highest BCUT2D eigenvalue weighted by molar-refractivity contribution is 7.91. The second kappa shape index (κ2) is 54.5. The van der Waals surface area contributed by atoms with Crippen molar-refractivity contribution < 1.29 is 181 Å². The number of hydrogen-bond donors (Lipinski definition) is 9. The van der Waals surface area contributed by atoms with Gasteiger partial charge in [0.15, 0.2) is 23.1 Å². The van der Waals surface area contributed by atoms with Crippen LogP contribution in [-0.2, 0) is 122 Å². The summed E-state index contributed by atoms with van der Waals surface area (Å²) < 4.78 is 174. The molecule has 6 aliphatic rings. The van der Waals surface area contributed by atoms with E-state index >= 15 is 0 Å². The maximum Gasteiger partial charge on any atom is 0.526 e. The van der Waals surface area contributed by atoms with Gasteiger partial charge in [0.2, 0.25) is 20.0 Å². The van der Waals surface area contributed by atoms with E-state index in [2.05, 4.69) is 0 Å². The fourth-order valence-electron chi connectivity index (χ4n) is 17.0. The molecule has 6 aromatic carbocycles. The first kappa shape index (κ1) is 123. The average molecular weight is 2150 g/mol. The van der Waals surface area contributed by atoms with E-state index in [4.69, 9.17) is 33.1 Å². The molecular formula is C95H122B6F2N2O37S5. The fraction of sp³-hybridized carbons (Fsp3) is 0.484. The Balaban J connectivity index is 0.000000239. The number of Topliss-reactive ketones (excluding diaryl/α,β-unsaturated/α-hetero) is 11. The second-order valence-corrected chi connectivity index (χ2v) is 48.5. The molecule has 0 saturated heterocycles. The summed E-state index contributed by atoms with van der Waals surface area (Å²) in [5.41, 5.74) is 4.53. The Morgan fingerprint density at radius 1 is 0.361 bits per heavy atom. The van der Waals surface area contributed by atoms with Crippen LogP contribution < -0.4 is 33.1 Å². The number of primary sulfonamides is 1. The summed E-state index contributed by atoms with van der Waals surface area (Å²) in [5.74, 6) is -8.37. The van der Waals surface area contributed by atoms with Crippen LogP contribution in [0, 0.1) is 25.5 Å². The van der Waals surface area contributed by atoms with E-state index in [-0.39, 0.29) is 253 Å². The lowest BCUT2D eigenvalue weighted by Crippen LogP contribution is -2.36. The predicted molar refractivity (Wildman–Crippen MR) is 542 cm³/mol. The van der Waals surface area contributed by atoms with Crippen molar-refractivity contribution in [3.63, 3.8) is 0 Å². The van der Waals surface area contributed by atoms with Crippen LogP contribution in [0.2, 0.25) is 34.9 Å². The first-order valence-corrected chi connectivity index (χ1v) is 56.4. The summed E-state index contributed by atoms with van der Waals surface area (Å²) in [6.45, 7) is 11.3. The van der Waals surface area contributed by atoms with Gasteiger partial charge in [0.05, 0.1) is 51.0 Å². The quantitative estimate of drug-likeness (QED) is 0.0130. The minimum Gasteiger partial charge on any atom is -0.535 e. The molecule has 0 unspecified atom stereocenters. The number of para-hydroxylation sites is 4. The van der Waals surface area contributed by atoms with Crippen molar-refractivity contribution in [1.29, 1.82) is 0 Å². The van der Waals surface area contributed by atoms with Gasteiger partial charge < -0.3 is 73.1 Å². The third-order valence-corrected chi connectivity index (χ3v) is 31.5. The normalized spacial score (nSPS) is 16.9. The summed E-state index contributed by atoms with van der Waals surface area (Å²) in [6, 6.07) is 23.0. The van der Waals surface area contributed by atoms with Crippen LogP contribution in [0.25, 0.3) is 0 Å². The molecule has 147 heavy (non-hydrogen) atoms. The zero-order chi connectivity index (χ0) is 110. The van der Waals surface area contributed by atoms with Gasteiger partial charge >= 0.3 is 54.6 Å². The van der Waals surface area contributed by atoms with Crippen LogP contribution in [0.4, 0.5) is 8.78 Å². The van der Waals surface area contributed by atoms with Crippen LogP contribution in [0.5, 0.6) is 34.5 Å². The van der Waals surface area contributed by atoms with Crippen molar-refractivity contribution in [2.75, 3.05) is 61.1 Å². The standard InChI is InChI=1S/C16H20BFO7S.C16H18BFO6.C16H22BNO6S.2C16H21BO6S.C15H20BNO6S/c1-9-13(18)7-10-6-11(8-12(19)4-3-5-26(2,23)24)17(22)25-15(10)14(9)16(20)21;1-8(19)3-4-12(20)7-11-5-10-6-13(18)9(2)14(16(21)22)15(10)24-17(11)23;1-11(19)15-6-4-5-12-9-13(17(21)24-16(12)15)10-14(20)7-8-25(22,23)18(2)3;1-11(18)15-7-3-5-12-9-13(17(20)23-16(12)15)10-14(19)6-4-8-24(2,21)22;1-3-24(21,22)8-7-14(19)10-13-9-12-5-4-6-15(11(2)18)16(12)23-17(13)20;1-10(18)14-6-2-4-11-8-12(16(20)23-15(11)14)9-13(19)5-3-7-24(17,21)22/h7,11,22H,3-6,8H2,1-2H3,(H,20,21);6,11,23H,3-5,7H2,1-2H3,(H,21,22);4-6,13,21H,7-10H2,1-3H3;3,5,7,13,20H,4,6,8-10H2,1-2H3;4-6,13,20H,3,7-10H2,1-2H3;2,4,6,12,20H,3,5,7-9H2,1H3,(H2,17,21,22)/t2*11-;3*13-;12-/m111111/s1. The second-order valence-electron chi connectivity index (χ2n) is 37.5. The van der Waals surface area contributed by atoms with Gasteiger partial charge in [-0.05, 0) is 176 Å². The molecule has 0 bridgehead atoms. The Hall–Kier alpha value is -10.9. The van der Waals surface area contributed by atoms with Crippen LogP contribution in [0.3, 0.4) is 0 Å². The van der Waals surface area contributed by atoms with Crippen molar-refractivity contribution in [3.8, 4) is 34.5 Å². The minimum absolute atomic E-state index is 0.0106. The topological polar surface area (TPSA) is 639 Å². The van der Waals surface area contributed by atoms with E-state index in [1.807, 2.05) is 6.07 Å². The van der Waals surface area contributed by atoms with Gasteiger partial charge in [-0.15, -0.1) is 0 Å². The highest BCUT2D eigenvalue weighted by Crippen LogP contribution is 2.45. The number of carboxylic acid groups (broad SMARTS) is 2. The van der Waals surface area contributed by atoms with E-state index in [0.29, 0.717) is 76.5 Å². The first-order chi connectivity index (χ1) is 68.4. The van der Waals surface area contributed by atoms with Crippen LogP contribution in [0.1, 0.15) is 251 Å². The fourth-order valence-corrected chi connectivity index (χ4v) is 20.5. The molecule has 0 saturated carbocycles. The number of sulfonamides is 2. The maximum atomic E-state index is 14.0. The van der Waals surface area contributed by atoms with Gasteiger partial charge in [-0.25, -0.2) is 69.9 Å². The summed E-state index contributed by atoms with van der Waals surface area (Å²) >= 11 is 0. The molecule has 0 radical (unpaired) electrons. The van der Waals surface area contributed by atoms with Crippen LogP contribution in [0.15, 0.2) is 84.9 Å². The number of nitrogens with zero attached hydrogens (tertiary/aromatic N) is 1. The molecule has 52 heteroatoms. The number of ketones is 11. The molecule has 0 aromatic heterocycles. The van der Waals surface area contributed by atoms with E-state index in [0.717, 1.165) is 45.1 Å². The summed E-state index contributed by atoms with van der Waals surface area (Å²) in [4.78, 5) is 152. The third-order valence-electron chi connectivity index (χ3n) is 25.0. The van der Waals surface area contributed by atoms with Crippen molar-refractivity contribution in [2.24, 2.45) is 5.14 Å². The number of halogens is 2. The van der Waals surface area contributed by atoms with E-state index in [9.17, 15) is 154 Å².